The highest BCUT2D eigenvalue weighted by Gasteiger charge is 2.31. The van der Waals surface area contributed by atoms with Crippen LogP contribution in [0.5, 0.6) is 0 Å². The average Bonchev–Trinajstić information content (AvgIpc) is 3.31. The van der Waals surface area contributed by atoms with Crippen molar-refractivity contribution in [2.45, 2.75) is 13.1 Å². The molecule has 0 saturated carbocycles. The van der Waals surface area contributed by atoms with Crippen molar-refractivity contribution < 1.29 is 32.3 Å². The van der Waals surface area contributed by atoms with Crippen LogP contribution in [0.3, 0.4) is 0 Å². The molecule has 2 aromatic heterocycles. The van der Waals surface area contributed by atoms with E-state index in [1.165, 1.54) is 18.4 Å². The van der Waals surface area contributed by atoms with Crippen molar-refractivity contribution in [3.63, 3.8) is 0 Å². The number of fused-ring (bicyclic) bond motifs is 1. The number of nitrogens with zero attached hydrogens (tertiary/aromatic N) is 1. The molecule has 0 radical (unpaired) electrons. The largest absolute Gasteiger partial charge is 0.478 e. The number of alkyl halides is 3. The Balaban J connectivity index is 1.69. The van der Waals surface area contributed by atoms with Crippen LogP contribution >= 0.6 is 11.3 Å². The van der Waals surface area contributed by atoms with Gasteiger partial charge in [0.05, 0.1) is 16.1 Å². The first-order chi connectivity index (χ1) is 14.6. The first-order valence-electron chi connectivity index (χ1n) is 8.85. The number of para-hydroxylation sites is 2. The van der Waals surface area contributed by atoms with Gasteiger partial charge in [0.1, 0.15) is 11.1 Å². The lowest BCUT2D eigenvalue weighted by molar-refractivity contribution is -0.137. The molecule has 0 unspecified atom stereocenters. The molecule has 0 aliphatic heterocycles. The standard InChI is InChI=1S/C21H13F3N2O4S/c1-10-8-11(21(22,23)24)6-7-12(10)17-16(20(28)29)14(9-31-17)25-18(27)19-26-13-4-2-3-5-15(13)30-19/h2-9H,1H3,(H,25,27)(H,28,29). The number of aryl methyl sites for hydroxylation is 1. The van der Waals surface area contributed by atoms with E-state index < -0.39 is 23.6 Å². The summed E-state index contributed by atoms with van der Waals surface area (Å²) in [5, 5.41) is 13.6. The summed E-state index contributed by atoms with van der Waals surface area (Å²) in [7, 11) is 0. The third-order valence-electron chi connectivity index (χ3n) is 4.54. The fraction of sp³-hybridized carbons (Fsp3) is 0.0952. The Hall–Kier alpha value is -3.66. The number of benzene rings is 2. The minimum atomic E-state index is -4.51. The third-order valence-corrected chi connectivity index (χ3v) is 5.55. The smallest absolute Gasteiger partial charge is 0.416 e. The Morgan fingerprint density at radius 2 is 1.90 bits per heavy atom. The molecule has 6 nitrogen and oxygen atoms in total. The number of carbonyl (C=O) groups excluding carboxylic acids is 1. The zero-order valence-electron chi connectivity index (χ0n) is 15.8. The zero-order valence-corrected chi connectivity index (χ0v) is 16.6. The van der Waals surface area contributed by atoms with Crippen molar-refractivity contribution in [1.82, 2.24) is 4.98 Å². The number of thiophene rings is 1. The lowest BCUT2D eigenvalue weighted by Gasteiger charge is -2.11. The molecule has 0 bridgehead atoms. The number of aromatic carboxylic acids is 1. The normalized spacial score (nSPS) is 11.6. The van der Waals surface area contributed by atoms with E-state index in [0.29, 0.717) is 16.7 Å². The molecule has 0 fully saturated rings. The number of hydrogen-bond acceptors (Lipinski definition) is 5. The molecule has 0 spiro atoms. The average molecular weight is 446 g/mol. The number of amides is 1. The quantitative estimate of drug-likeness (QED) is 0.411. The number of oxazole rings is 1. The molecule has 10 heteroatoms. The van der Waals surface area contributed by atoms with Crippen molar-refractivity contribution in [2.75, 3.05) is 5.32 Å². The van der Waals surface area contributed by atoms with Crippen molar-refractivity contribution in [3.05, 3.63) is 70.4 Å². The van der Waals surface area contributed by atoms with Gasteiger partial charge in [-0.1, -0.05) is 18.2 Å². The van der Waals surface area contributed by atoms with E-state index in [1.54, 1.807) is 24.3 Å². The van der Waals surface area contributed by atoms with Crippen LogP contribution in [-0.2, 0) is 6.18 Å². The highest BCUT2D eigenvalue weighted by Crippen LogP contribution is 2.40. The summed E-state index contributed by atoms with van der Waals surface area (Å²) >= 11 is 0.999. The highest BCUT2D eigenvalue weighted by molar-refractivity contribution is 7.14. The van der Waals surface area contributed by atoms with Gasteiger partial charge in [-0.05, 0) is 42.3 Å². The molecule has 1 amide bonds. The molecule has 4 aromatic rings. The van der Waals surface area contributed by atoms with Crippen LogP contribution in [0.4, 0.5) is 18.9 Å². The van der Waals surface area contributed by atoms with Gasteiger partial charge in [-0.25, -0.2) is 9.78 Å². The minimum absolute atomic E-state index is 0.000876. The summed E-state index contributed by atoms with van der Waals surface area (Å²) in [6.07, 6.45) is -4.51. The molecule has 0 aliphatic rings. The summed E-state index contributed by atoms with van der Waals surface area (Å²) in [5.74, 6) is -2.31. The van der Waals surface area contributed by atoms with Crippen molar-refractivity contribution >= 4 is 40.0 Å². The first kappa shape index (κ1) is 20.6. The number of carboxylic acids is 1. The Morgan fingerprint density at radius 3 is 2.55 bits per heavy atom. The number of halogens is 3. The van der Waals surface area contributed by atoms with E-state index in [4.69, 9.17) is 4.42 Å². The van der Waals surface area contributed by atoms with E-state index in [2.05, 4.69) is 10.3 Å². The predicted molar refractivity (Wildman–Crippen MR) is 108 cm³/mol. The van der Waals surface area contributed by atoms with Crippen molar-refractivity contribution in [3.8, 4) is 10.4 Å². The van der Waals surface area contributed by atoms with E-state index in [0.717, 1.165) is 23.5 Å². The maximum atomic E-state index is 12.9. The molecular formula is C21H13F3N2O4S. The van der Waals surface area contributed by atoms with Crippen LogP contribution < -0.4 is 5.32 Å². The summed E-state index contributed by atoms with van der Waals surface area (Å²) in [4.78, 5) is 28.7. The number of carbonyl (C=O) groups is 2. The maximum Gasteiger partial charge on any atom is 0.416 e. The van der Waals surface area contributed by atoms with Gasteiger partial charge in [0.15, 0.2) is 5.58 Å². The second kappa shape index (κ2) is 7.55. The van der Waals surface area contributed by atoms with Gasteiger partial charge in [-0.2, -0.15) is 13.2 Å². The van der Waals surface area contributed by atoms with Crippen LogP contribution in [0.1, 0.15) is 32.2 Å². The summed E-state index contributed by atoms with van der Waals surface area (Å²) in [6, 6.07) is 9.82. The second-order valence-electron chi connectivity index (χ2n) is 6.63. The fourth-order valence-electron chi connectivity index (χ4n) is 3.10. The van der Waals surface area contributed by atoms with Gasteiger partial charge in [0.2, 0.25) is 0 Å². The van der Waals surface area contributed by atoms with Gasteiger partial charge in [0.25, 0.3) is 5.89 Å². The fourth-order valence-corrected chi connectivity index (χ4v) is 4.18. The van der Waals surface area contributed by atoms with Gasteiger partial charge in [0, 0.05) is 5.38 Å². The molecule has 0 saturated heterocycles. The van der Waals surface area contributed by atoms with Crippen LogP contribution in [-0.4, -0.2) is 22.0 Å². The number of hydrogen-bond donors (Lipinski definition) is 2. The topological polar surface area (TPSA) is 92.4 Å². The van der Waals surface area contributed by atoms with Crippen LogP contribution in [0, 0.1) is 6.92 Å². The first-order valence-corrected chi connectivity index (χ1v) is 9.73. The van der Waals surface area contributed by atoms with Crippen molar-refractivity contribution in [1.29, 1.82) is 0 Å². The molecule has 0 aliphatic carbocycles. The summed E-state index contributed by atoms with van der Waals surface area (Å²) in [6.45, 7) is 1.46. The molecule has 2 aromatic carbocycles. The van der Waals surface area contributed by atoms with Gasteiger partial charge in [-0.15, -0.1) is 11.3 Å². The minimum Gasteiger partial charge on any atom is -0.478 e. The summed E-state index contributed by atoms with van der Waals surface area (Å²) in [5.41, 5.74) is 0.409. The lowest BCUT2D eigenvalue weighted by Crippen LogP contribution is -2.14. The molecule has 31 heavy (non-hydrogen) atoms. The maximum absolute atomic E-state index is 12.9. The van der Waals surface area contributed by atoms with E-state index in [9.17, 15) is 27.9 Å². The van der Waals surface area contributed by atoms with Crippen molar-refractivity contribution in [2.24, 2.45) is 0 Å². The Labute approximate surface area is 177 Å². The number of carboxylic acid groups (broad SMARTS) is 1. The third kappa shape index (κ3) is 3.89. The molecule has 4 rings (SSSR count). The Kier molecular flexibility index (Phi) is 5.02. The highest BCUT2D eigenvalue weighted by atomic mass is 32.1. The SMILES string of the molecule is Cc1cc(C(F)(F)F)ccc1-c1scc(NC(=O)c2nc3ccccc3o2)c1C(=O)O. The number of anilines is 1. The van der Waals surface area contributed by atoms with E-state index in [1.807, 2.05) is 0 Å². The Bertz CT molecular complexity index is 1290. The number of aromatic nitrogens is 1. The van der Waals surface area contributed by atoms with Gasteiger partial charge < -0.3 is 14.8 Å². The Morgan fingerprint density at radius 1 is 1.16 bits per heavy atom. The van der Waals surface area contributed by atoms with E-state index in [-0.39, 0.29) is 27.6 Å². The molecular weight excluding hydrogens is 433 g/mol. The van der Waals surface area contributed by atoms with Gasteiger partial charge in [-0.3, -0.25) is 4.79 Å². The molecule has 2 N–H and O–H groups in total. The molecule has 2 heterocycles. The molecule has 158 valence electrons. The number of rotatable bonds is 4. The predicted octanol–water partition coefficient (Wildman–Crippen LogP) is 5.83. The monoisotopic (exact) mass is 446 g/mol. The second-order valence-corrected chi connectivity index (χ2v) is 7.51. The van der Waals surface area contributed by atoms with Crippen LogP contribution in [0.15, 0.2) is 52.3 Å². The molecule has 0 atom stereocenters. The van der Waals surface area contributed by atoms with E-state index >= 15 is 0 Å². The van der Waals surface area contributed by atoms with Crippen LogP contribution in [0.2, 0.25) is 0 Å². The zero-order chi connectivity index (χ0) is 22.3. The lowest BCUT2D eigenvalue weighted by atomic mass is 10.0. The van der Waals surface area contributed by atoms with Gasteiger partial charge >= 0.3 is 18.1 Å². The summed E-state index contributed by atoms with van der Waals surface area (Å²) < 4.78 is 44.2. The van der Waals surface area contributed by atoms with Crippen LogP contribution in [0.25, 0.3) is 21.5 Å². The number of nitrogens with one attached hydrogen (secondary N) is 1.